The van der Waals surface area contributed by atoms with Crippen molar-refractivity contribution in [3.05, 3.63) is 81.5 Å². The first-order valence-corrected chi connectivity index (χ1v) is 38.1. The van der Waals surface area contributed by atoms with E-state index >= 15 is 0 Å². The van der Waals surface area contributed by atoms with Crippen LogP contribution in [0.1, 0.15) is 153 Å². The lowest BCUT2D eigenvalue weighted by Gasteiger charge is -2.52. The summed E-state index contributed by atoms with van der Waals surface area (Å²) in [6.45, 7) is 14.8. The van der Waals surface area contributed by atoms with E-state index in [4.69, 9.17) is 51.7 Å². The largest absolute Gasteiger partial charge is 0.756 e. The third-order valence-electron chi connectivity index (χ3n) is 18.4. The number of rotatable bonds is 39. The summed E-state index contributed by atoms with van der Waals surface area (Å²) >= 11 is 0. The number of allylic oxidation sites excluding steroid dienone is 13. The Kier molecular flexibility index (Phi) is 38.4. The molecule has 0 aromatic heterocycles. The van der Waals surface area contributed by atoms with Crippen LogP contribution < -0.4 is 20.4 Å². The van der Waals surface area contributed by atoms with E-state index in [0.29, 0.717) is 18.4 Å². The Hall–Kier alpha value is -3.50. The standard InChI is InChI=1S/C69H116N2O31P2/c1-36(2)18-12-19-37(3)20-13-21-38(4)22-14-23-39(5)24-15-25-40(6)26-16-27-41(7)28-17-29-42(8)30-31-91-103(87,88)102-104(89,90)101-66-51(71-45(11)77)62(55(81)48(34-74)94-66)97-65-50(70-44(10)76)61(54(80)47(33-73)93-65)98-69-64(100-67-59(85)57(83)52(78)43(9)92-67)63(56(82)49(35-75)96-69)99-68-60(86)58(84)53(79)46(32-72)95-68/h18,20,22,24,26,28,30,43,46-69,72-75,78-86H,12-17,19,21,23,25,27,29,31-35H2,1-11H3,(H,70,76)(H,71,77)(H,87,88)(H,89,90)/p-2/b37-20+,38-22+,39-24-,40-26-,41-28-,42-30-/t43-,46+,47+,48+,49+,50+,51+,52+,53-,54-,55-,56-,57+,58-,59-,60+,61+,62+,63-,64+,65+,66+,67-,68+,69-/m0/s1. The van der Waals surface area contributed by atoms with Gasteiger partial charge >= 0.3 is 0 Å². The number of carbonyl (C=O) groups is 2. The maximum atomic E-state index is 13.6. The summed E-state index contributed by atoms with van der Waals surface area (Å²) in [6.07, 6.45) is -20.3. The molecule has 0 aliphatic carbocycles. The summed E-state index contributed by atoms with van der Waals surface area (Å²) in [5, 5.41) is 146. The van der Waals surface area contributed by atoms with E-state index in [-0.39, 0.29) is 0 Å². The van der Waals surface area contributed by atoms with Crippen LogP contribution in [0.3, 0.4) is 0 Å². The maximum absolute atomic E-state index is 13.6. The topological polar surface area (TPSA) is 512 Å². The number of carbonyl (C=O) groups excluding carboxylic acids is 2. The number of phosphoric acid groups is 2. The van der Waals surface area contributed by atoms with Gasteiger partial charge in [-0.1, -0.05) is 81.5 Å². The molecular weight excluding hydrogens is 1410 g/mol. The molecule has 2 amide bonds. The Bertz CT molecular complexity index is 3000. The normalized spacial score (nSPS) is 36.3. The van der Waals surface area contributed by atoms with Gasteiger partial charge in [-0.3, -0.25) is 23.2 Å². The van der Waals surface area contributed by atoms with Crippen LogP contribution in [0.25, 0.3) is 0 Å². The zero-order valence-corrected chi connectivity index (χ0v) is 62.8. The van der Waals surface area contributed by atoms with E-state index in [9.17, 15) is 94.9 Å². The molecule has 0 spiro atoms. The van der Waals surface area contributed by atoms with Gasteiger partial charge < -0.3 is 134 Å². The second-order valence-corrected chi connectivity index (χ2v) is 30.5. The lowest BCUT2D eigenvalue weighted by atomic mass is 9.93. The van der Waals surface area contributed by atoms with Crippen LogP contribution in [0.4, 0.5) is 0 Å². The van der Waals surface area contributed by atoms with Gasteiger partial charge in [-0.15, -0.1) is 0 Å². The molecular formula is C69H114N2O31P2-2. The second-order valence-electron chi connectivity index (χ2n) is 27.6. The Morgan fingerprint density at radius 3 is 1.13 bits per heavy atom. The average molecular weight is 1530 g/mol. The number of amides is 2. The molecule has 33 nitrogen and oxygen atoms in total. The molecule has 0 radical (unpaired) electrons. The van der Waals surface area contributed by atoms with Crippen molar-refractivity contribution in [3.8, 4) is 0 Å². The van der Waals surface area contributed by atoms with Crippen LogP contribution in [0.15, 0.2) is 81.5 Å². The molecule has 104 heavy (non-hydrogen) atoms. The molecule has 5 aliphatic heterocycles. The van der Waals surface area contributed by atoms with Crippen molar-refractivity contribution < 1.29 is 151 Å². The van der Waals surface area contributed by atoms with Crippen LogP contribution in [0, 0.1) is 0 Å². The number of aliphatic hydroxyl groups excluding tert-OH is 13. The number of aliphatic hydroxyl groups is 13. The van der Waals surface area contributed by atoms with Gasteiger partial charge in [-0.05, 0) is 139 Å². The summed E-state index contributed by atoms with van der Waals surface area (Å²) in [7, 11) is -12.1. The molecule has 2 unspecified atom stereocenters. The number of ether oxygens (including phenoxy) is 9. The molecule has 5 saturated heterocycles. The Labute approximate surface area is 607 Å². The van der Waals surface area contributed by atoms with E-state index < -0.39 is 214 Å². The van der Waals surface area contributed by atoms with Gasteiger partial charge in [0.05, 0.1) is 39.1 Å². The summed E-state index contributed by atoms with van der Waals surface area (Å²) < 4.78 is 94.1. The fourth-order valence-electron chi connectivity index (χ4n) is 12.3. The van der Waals surface area contributed by atoms with Gasteiger partial charge in [0, 0.05) is 13.8 Å². The lowest BCUT2D eigenvalue weighted by Crippen LogP contribution is -2.71. The molecule has 598 valence electrons. The van der Waals surface area contributed by atoms with E-state index in [2.05, 4.69) is 92.9 Å². The molecule has 0 aromatic rings. The monoisotopic (exact) mass is 1530 g/mol. The first kappa shape index (κ1) is 91.1. The fourth-order valence-corrected chi connectivity index (χ4v) is 14.3. The van der Waals surface area contributed by atoms with E-state index in [1.54, 1.807) is 6.92 Å². The molecule has 27 atom stereocenters. The number of phosphoric ester groups is 2. The highest BCUT2D eigenvalue weighted by atomic mass is 31.3. The highest BCUT2D eigenvalue weighted by Gasteiger charge is 2.58. The molecule has 0 aromatic carbocycles. The maximum Gasteiger partial charge on any atom is 0.276 e. The van der Waals surface area contributed by atoms with Crippen LogP contribution in [0.2, 0.25) is 0 Å². The Balaban J connectivity index is 1.25. The zero-order chi connectivity index (χ0) is 77.5. The Morgan fingerprint density at radius 2 is 0.712 bits per heavy atom. The first-order valence-electron chi connectivity index (χ1n) is 35.2. The highest BCUT2D eigenvalue weighted by molar-refractivity contribution is 7.59. The van der Waals surface area contributed by atoms with Crippen LogP contribution in [0.5, 0.6) is 0 Å². The van der Waals surface area contributed by atoms with Crippen LogP contribution >= 0.6 is 15.6 Å². The summed E-state index contributed by atoms with van der Waals surface area (Å²) in [4.78, 5) is 52.8. The van der Waals surface area contributed by atoms with Crippen LogP contribution in [-0.4, -0.2) is 265 Å². The SMILES string of the molecule is CC(=O)N[C@H]1[C@@H](OP(=O)([O-])OP(=O)([O-])OC/C=C(/C)CC/C=C(/C)CC/C=C(/C)CC/C=C(/C)CC/C=C(\C)CC/C=C(\C)CCC=C(C)C)O[C@H](CO)[C@H](O)[C@@H]1O[C@H]1O[C@H](CO)[C@H](O)[C@H](O[C@@H]2O[C@H](CO)[C@H](O)[C@H](O[C@H]3O[C@H](CO)[C@H](O)[C@H](O)[C@H]3O)[C@H]2O[C@@H]2O[C@@H](C)[C@@H](O)[C@@H](O)[C@@H]2O)[C@H]1NC(C)=O. The molecule has 5 fully saturated rings. The van der Waals surface area contributed by atoms with E-state index in [1.165, 1.54) is 40.9 Å². The predicted molar refractivity (Wildman–Crippen MR) is 367 cm³/mol. The van der Waals surface area contributed by atoms with Gasteiger partial charge in [-0.2, -0.15) is 0 Å². The van der Waals surface area contributed by atoms with Gasteiger partial charge in [-0.25, -0.2) is 4.31 Å². The van der Waals surface area contributed by atoms with Crippen LogP contribution in [-0.2, 0) is 74.7 Å². The molecule has 35 heteroatoms. The predicted octanol–water partition coefficient (Wildman–Crippen LogP) is 0.710. The van der Waals surface area contributed by atoms with Gasteiger partial charge in [0.15, 0.2) is 31.5 Å². The molecule has 0 saturated carbocycles. The van der Waals surface area contributed by atoms with Gasteiger partial charge in [0.2, 0.25) is 11.8 Å². The van der Waals surface area contributed by atoms with E-state index in [1.807, 2.05) is 6.92 Å². The molecule has 5 heterocycles. The molecule has 15 N–H and O–H groups in total. The van der Waals surface area contributed by atoms with Crippen molar-refractivity contribution in [1.29, 1.82) is 0 Å². The third kappa shape index (κ3) is 28.1. The van der Waals surface area contributed by atoms with Gasteiger partial charge in [0.25, 0.3) is 15.6 Å². The summed E-state index contributed by atoms with van der Waals surface area (Å²) in [5.74, 6) is -1.97. The van der Waals surface area contributed by atoms with Crippen molar-refractivity contribution in [2.45, 2.75) is 307 Å². The average Bonchev–Trinajstić information content (AvgIpc) is 0.764. The zero-order valence-electron chi connectivity index (χ0n) is 61.1. The second kappa shape index (κ2) is 43.8. The minimum atomic E-state index is -6.22. The minimum Gasteiger partial charge on any atom is -0.756 e. The van der Waals surface area contributed by atoms with Crippen molar-refractivity contribution in [2.75, 3.05) is 33.0 Å². The van der Waals surface area contributed by atoms with Gasteiger partial charge in [0.1, 0.15) is 116 Å². The van der Waals surface area contributed by atoms with Crippen molar-refractivity contribution in [1.82, 2.24) is 10.6 Å². The summed E-state index contributed by atoms with van der Waals surface area (Å²) in [5.41, 5.74) is 8.75. The lowest BCUT2D eigenvalue weighted by molar-refractivity contribution is -0.402. The Morgan fingerprint density at radius 1 is 0.385 bits per heavy atom. The van der Waals surface area contributed by atoms with Crippen molar-refractivity contribution in [2.24, 2.45) is 0 Å². The fraction of sp³-hybridized carbons (Fsp3) is 0.768. The first-order chi connectivity index (χ1) is 48.9. The van der Waals surface area contributed by atoms with Crippen molar-refractivity contribution >= 4 is 27.5 Å². The molecule has 5 rings (SSSR count). The smallest absolute Gasteiger partial charge is 0.276 e. The summed E-state index contributed by atoms with van der Waals surface area (Å²) in [6, 6.07) is -4.06. The third-order valence-corrected chi connectivity index (χ3v) is 20.9. The number of nitrogens with one attached hydrogen (secondary N) is 2. The number of hydrogen-bond donors (Lipinski definition) is 15. The minimum absolute atomic E-state index is 0.489. The van der Waals surface area contributed by atoms with Crippen molar-refractivity contribution in [3.63, 3.8) is 0 Å². The van der Waals surface area contributed by atoms with E-state index in [0.717, 1.165) is 83.6 Å². The quantitative estimate of drug-likeness (QED) is 0.0298. The highest BCUT2D eigenvalue weighted by Crippen LogP contribution is 2.57. The number of hydrogen-bond acceptors (Lipinski definition) is 31. The molecule has 0 bridgehead atoms. The molecule has 5 aliphatic rings.